The van der Waals surface area contributed by atoms with Gasteiger partial charge in [0.05, 0.1) is 6.54 Å². The lowest BCUT2D eigenvalue weighted by molar-refractivity contribution is 0.0536. The molecule has 0 aromatic rings. The van der Waals surface area contributed by atoms with Gasteiger partial charge in [0.25, 0.3) is 0 Å². The van der Waals surface area contributed by atoms with Gasteiger partial charge < -0.3 is 5.11 Å². The highest BCUT2D eigenvalue weighted by molar-refractivity contribution is 9.09. The van der Waals surface area contributed by atoms with Gasteiger partial charge >= 0.3 is 0 Å². The number of halogens is 1. The van der Waals surface area contributed by atoms with Crippen LogP contribution >= 0.6 is 15.9 Å². The Labute approximate surface area is 64.0 Å². The maximum Gasteiger partial charge on any atom is 0.117 e. The summed E-state index contributed by atoms with van der Waals surface area (Å²) in [7, 11) is 1.77. The van der Waals surface area contributed by atoms with E-state index in [2.05, 4.69) is 21.9 Å². The van der Waals surface area contributed by atoms with Crippen LogP contribution in [-0.2, 0) is 0 Å². The summed E-state index contributed by atoms with van der Waals surface area (Å²) in [6.07, 6.45) is 4.53. The van der Waals surface area contributed by atoms with Gasteiger partial charge in [0.1, 0.15) is 6.23 Å². The van der Waals surface area contributed by atoms with Crippen LogP contribution in [0.1, 0.15) is 0 Å². The van der Waals surface area contributed by atoms with Crippen molar-refractivity contribution in [2.75, 3.05) is 18.9 Å². The van der Waals surface area contributed by atoms with Crippen LogP contribution in [0.3, 0.4) is 0 Å². The summed E-state index contributed by atoms with van der Waals surface area (Å²) in [5.74, 6) is 2.43. The van der Waals surface area contributed by atoms with Gasteiger partial charge in [0, 0.05) is 5.33 Å². The normalized spacial score (nSPS) is 13.2. The van der Waals surface area contributed by atoms with E-state index in [1.165, 1.54) is 0 Å². The summed E-state index contributed by atoms with van der Waals surface area (Å²) in [6.45, 7) is 0.479. The van der Waals surface area contributed by atoms with Crippen LogP contribution in [0, 0.1) is 12.3 Å². The lowest BCUT2D eigenvalue weighted by Gasteiger charge is -2.17. The molecule has 0 fully saturated rings. The van der Waals surface area contributed by atoms with Crippen LogP contribution < -0.4 is 0 Å². The lowest BCUT2D eigenvalue weighted by atomic mass is 10.5. The van der Waals surface area contributed by atoms with Crippen LogP contribution in [0.4, 0.5) is 0 Å². The number of terminal acetylenes is 1. The zero-order valence-corrected chi connectivity index (χ0v) is 6.93. The molecule has 0 radical (unpaired) electrons. The van der Waals surface area contributed by atoms with Crippen molar-refractivity contribution in [1.29, 1.82) is 0 Å². The van der Waals surface area contributed by atoms with Crippen molar-refractivity contribution in [3.05, 3.63) is 0 Å². The molecule has 0 aromatic heterocycles. The number of hydrogen-bond donors (Lipinski definition) is 1. The Balaban J connectivity index is 3.48. The molecular weight excluding hydrogens is 182 g/mol. The molecule has 0 bridgehead atoms. The van der Waals surface area contributed by atoms with Crippen molar-refractivity contribution < 1.29 is 5.11 Å². The largest absolute Gasteiger partial charge is 0.377 e. The molecule has 0 heterocycles. The molecule has 0 spiro atoms. The monoisotopic (exact) mass is 191 g/mol. The topological polar surface area (TPSA) is 23.5 Å². The van der Waals surface area contributed by atoms with Gasteiger partial charge in [0.15, 0.2) is 0 Å². The first-order valence-electron chi connectivity index (χ1n) is 2.60. The Hall–Kier alpha value is -0.0400. The van der Waals surface area contributed by atoms with E-state index in [-0.39, 0.29) is 0 Å². The highest BCUT2D eigenvalue weighted by atomic mass is 79.9. The minimum Gasteiger partial charge on any atom is -0.377 e. The first-order chi connectivity index (χ1) is 4.22. The molecular formula is C6H10BrNO. The minimum absolute atomic E-state index is 0.471. The van der Waals surface area contributed by atoms with Gasteiger partial charge in [-0.2, -0.15) is 0 Å². The summed E-state index contributed by atoms with van der Waals surface area (Å²) >= 11 is 3.13. The maximum atomic E-state index is 9.04. The Bertz CT molecular complexity index is 110. The molecule has 0 saturated carbocycles. The summed E-state index contributed by atoms with van der Waals surface area (Å²) in [5.41, 5.74) is 0. The molecule has 0 amide bonds. The van der Waals surface area contributed by atoms with Gasteiger partial charge in [-0.25, -0.2) is 0 Å². The SMILES string of the molecule is C#CCN(C)[C@@H](O)CBr. The molecule has 0 rings (SSSR count). The Morgan fingerprint density at radius 3 is 2.78 bits per heavy atom. The van der Waals surface area contributed by atoms with E-state index in [0.29, 0.717) is 11.9 Å². The van der Waals surface area contributed by atoms with E-state index in [9.17, 15) is 0 Å². The highest BCUT2D eigenvalue weighted by Crippen LogP contribution is 1.94. The average Bonchev–Trinajstić information content (AvgIpc) is 1.87. The van der Waals surface area contributed by atoms with Crippen molar-refractivity contribution in [2.24, 2.45) is 0 Å². The third-order valence-electron chi connectivity index (χ3n) is 0.987. The van der Waals surface area contributed by atoms with E-state index in [0.717, 1.165) is 0 Å². The average molecular weight is 192 g/mol. The van der Waals surface area contributed by atoms with E-state index >= 15 is 0 Å². The third-order valence-corrected chi connectivity index (χ3v) is 1.57. The van der Waals surface area contributed by atoms with E-state index in [1.807, 2.05) is 0 Å². The van der Waals surface area contributed by atoms with E-state index in [4.69, 9.17) is 11.5 Å². The molecule has 3 heteroatoms. The van der Waals surface area contributed by atoms with Crippen molar-refractivity contribution >= 4 is 15.9 Å². The minimum atomic E-state index is -0.471. The second-order valence-electron chi connectivity index (χ2n) is 1.75. The predicted molar refractivity (Wildman–Crippen MR) is 41.3 cm³/mol. The summed E-state index contributed by atoms with van der Waals surface area (Å²) < 4.78 is 0. The van der Waals surface area contributed by atoms with Gasteiger partial charge in [-0.05, 0) is 7.05 Å². The van der Waals surface area contributed by atoms with Crippen LogP contribution in [0.5, 0.6) is 0 Å². The fraction of sp³-hybridized carbons (Fsp3) is 0.667. The molecule has 0 aliphatic carbocycles. The first kappa shape index (κ1) is 8.96. The fourth-order valence-electron chi connectivity index (χ4n) is 0.367. The molecule has 2 nitrogen and oxygen atoms in total. The summed E-state index contributed by atoms with van der Waals surface area (Å²) in [4.78, 5) is 1.68. The molecule has 0 aliphatic heterocycles. The van der Waals surface area contributed by atoms with E-state index < -0.39 is 6.23 Å². The van der Waals surface area contributed by atoms with Gasteiger partial charge in [-0.3, -0.25) is 4.90 Å². The van der Waals surface area contributed by atoms with Crippen molar-refractivity contribution in [3.63, 3.8) is 0 Å². The number of aliphatic hydroxyl groups excluding tert-OH is 1. The van der Waals surface area contributed by atoms with Crippen LogP contribution in [0.25, 0.3) is 0 Å². The first-order valence-corrected chi connectivity index (χ1v) is 3.72. The lowest BCUT2D eigenvalue weighted by Crippen LogP contribution is -2.32. The molecule has 0 saturated heterocycles. The molecule has 9 heavy (non-hydrogen) atoms. The number of hydrogen-bond acceptors (Lipinski definition) is 2. The van der Waals surface area contributed by atoms with Crippen LogP contribution in [0.2, 0.25) is 0 Å². The maximum absolute atomic E-state index is 9.04. The molecule has 0 aliphatic rings. The second kappa shape index (κ2) is 4.80. The Morgan fingerprint density at radius 2 is 2.44 bits per heavy atom. The van der Waals surface area contributed by atoms with Gasteiger partial charge in [-0.15, -0.1) is 6.42 Å². The summed E-state index contributed by atoms with van der Waals surface area (Å²) in [5, 5.41) is 9.57. The third kappa shape index (κ3) is 3.52. The predicted octanol–water partition coefficient (Wildman–Crippen LogP) is 0.265. The fourth-order valence-corrected chi connectivity index (χ4v) is 0.861. The van der Waals surface area contributed by atoms with Crippen molar-refractivity contribution in [2.45, 2.75) is 6.23 Å². The van der Waals surface area contributed by atoms with Crippen molar-refractivity contribution in [3.8, 4) is 12.3 Å². The van der Waals surface area contributed by atoms with E-state index in [1.54, 1.807) is 11.9 Å². The summed E-state index contributed by atoms with van der Waals surface area (Å²) in [6, 6.07) is 0. The zero-order chi connectivity index (χ0) is 7.28. The van der Waals surface area contributed by atoms with Crippen molar-refractivity contribution in [1.82, 2.24) is 4.90 Å². The van der Waals surface area contributed by atoms with Gasteiger partial charge in [0.2, 0.25) is 0 Å². The number of nitrogens with zero attached hydrogens (tertiary/aromatic N) is 1. The van der Waals surface area contributed by atoms with Crippen LogP contribution in [0.15, 0.2) is 0 Å². The molecule has 1 N–H and O–H groups in total. The second-order valence-corrected chi connectivity index (χ2v) is 2.40. The molecule has 1 atom stereocenters. The Morgan fingerprint density at radius 1 is 1.89 bits per heavy atom. The zero-order valence-electron chi connectivity index (χ0n) is 5.34. The molecule has 52 valence electrons. The Kier molecular flexibility index (Phi) is 4.78. The molecule has 0 unspecified atom stereocenters. The van der Waals surface area contributed by atoms with Gasteiger partial charge in [-0.1, -0.05) is 21.9 Å². The standard InChI is InChI=1S/C6H10BrNO/c1-3-4-8(2)6(9)5-7/h1,6,9H,4-5H2,2H3/t6-/m0/s1. The highest BCUT2D eigenvalue weighted by Gasteiger charge is 2.05. The van der Waals surface area contributed by atoms with Crippen LogP contribution in [-0.4, -0.2) is 35.2 Å². The number of aliphatic hydroxyl groups is 1. The smallest absolute Gasteiger partial charge is 0.117 e. The number of alkyl halides is 1. The quantitative estimate of drug-likeness (QED) is 0.394. The molecule has 0 aromatic carbocycles. The number of rotatable bonds is 3.